The molecule has 0 radical (unpaired) electrons. The SMILES string of the molecule is CCC(OC)(C(=O)c1ccc(N2CCOCC2)cc1)N(C)C. The maximum absolute atomic E-state index is 12.9. The lowest BCUT2D eigenvalue weighted by Crippen LogP contribution is -2.52. The third-order valence-electron chi connectivity index (χ3n) is 4.40. The molecule has 1 saturated heterocycles. The summed E-state index contributed by atoms with van der Waals surface area (Å²) in [5, 5.41) is 0. The van der Waals surface area contributed by atoms with Crippen molar-refractivity contribution in [1.29, 1.82) is 0 Å². The lowest BCUT2D eigenvalue weighted by atomic mass is 9.96. The molecular formula is C17H26N2O3. The Bertz CT molecular complexity index is 489. The fraction of sp³-hybridized carbons (Fsp3) is 0.588. The number of Topliss-reactive ketones (excluding diaryl/α,β-unsaturated/α-hetero) is 1. The second-order valence-corrected chi connectivity index (χ2v) is 5.71. The van der Waals surface area contributed by atoms with Crippen LogP contribution < -0.4 is 4.90 Å². The number of hydrogen-bond acceptors (Lipinski definition) is 5. The number of hydrogen-bond donors (Lipinski definition) is 0. The van der Waals surface area contributed by atoms with E-state index in [2.05, 4.69) is 4.90 Å². The number of ether oxygens (including phenoxy) is 2. The fourth-order valence-electron chi connectivity index (χ4n) is 2.97. The summed E-state index contributed by atoms with van der Waals surface area (Å²) in [4.78, 5) is 17.0. The van der Waals surface area contributed by atoms with Crippen molar-refractivity contribution in [2.45, 2.75) is 19.1 Å². The minimum Gasteiger partial charge on any atom is -0.378 e. The molecule has 1 fully saturated rings. The Morgan fingerprint density at radius 1 is 1.27 bits per heavy atom. The number of likely N-dealkylation sites (N-methyl/N-ethyl adjacent to an activating group) is 1. The van der Waals surface area contributed by atoms with E-state index in [1.54, 1.807) is 7.11 Å². The largest absolute Gasteiger partial charge is 0.378 e. The Hall–Kier alpha value is -1.43. The highest BCUT2D eigenvalue weighted by atomic mass is 16.5. The molecule has 1 heterocycles. The smallest absolute Gasteiger partial charge is 0.209 e. The van der Waals surface area contributed by atoms with Crippen LogP contribution in [0.15, 0.2) is 24.3 Å². The number of rotatable bonds is 6. The van der Waals surface area contributed by atoms with Crippen molar-refractivity contribution < 1.29 is 14.3 Å². The van der Waals surface area contributed by atoms with Gasteiger partial charge in [-0.1, -0.05) is 6.92 Å². The van der Waals surface area contributed by atoms with Crippen LogP contribution in [0.2, 0.25) is 0 Å². The number of carbonyl (C=O) groups excluding carboxylic acids is 1. The zero-order valence-corrected chi connectivity index (χ0v) is 14.0. The van der Waals surface area contributed by atoms with Crippen molar-refractivity contribution in [3.63, 3.8) is 0 Å². The average Bonchev–Trinajstić information content (AvgIpc) is 2.57. The third-order valence-corrected chi connectivity index (χ3v) is 4.40. The Labute approximate surface area is 132 Å². The highest BCUT2D eigenvalue weighted by Gasteiger charge is 2.39. The zero-order valence-electron chi connectivity index (χ0n) is 14.0. The van der Waals surface area contributed by atoms with Gasteiger partial charge in [0.1, 0.15) is 0 Å². The van der Waals surface area contributed by atoms with Gasteiger partial charge in [0.2, 0.25) is 5.78 Å². The van der Waals surface area contributed by atoms with Crippen LogP contribution in [0.3, 0.4) is 0 Å². The van der Waals surface area contributed by atoms with Crippen molar-refractivity contribution in [3.05, 3.63) is 29.8 Å². The van der Waals surface area contributed by atoms with E-state index in [1.165, 1.54) is 0 Å². The summed E-state index contributed by atoms with van der Waals surface area (Å²) in [6.07, 6.45) is 0.598. The molecule has 122 valence electrons. The van der Waals surface area contributed by atoms with Crippen LogP contribution in [0.1, 0.15) is 23.7 Å². The predicted molar refractivity (Wildman–Crippen MR) is 87.5 cm³/mol. The number of ketones is 1. The predicted octanol–water partition coefficient (Wildman–Crippen LogP) is 2.02. The van der Waals surface area contributed by atoms with Crippen LogP contribution in [0.5, 0.6) is 0 Å². The van der Waals surface area contributed by atoms with Crippen LogP contribution in [-0.2, 0) is 9.47 Å². The van der Waals surface area contributed by atoms with Crippen LogP contribution in [-0.4, -0.2) is 63.9 Å². The van der Waals surface area contributed by atoms with E-state index in [0.717, 1.165) is 32.0 Å². The van der Waals surface area contributed by atoms with Gasteiger partial charge in [-0.25, -0.2) is 0 Å². The van der Waals surface area contributed by atoms with E-state index in [-0.39, 0.29) is 5.78 Å². The van der Waals surface area contributed by atoms with Gasteiger partial charge in [-0.05, 0) is 44.8 Å². The van der Waals surface area contributed by atoms with Crippen LogP contribution in [0.25, 0.3) is 0 Å². The second kappa shape index (κ2) is 7.22. The normalized spacial score (nSPS) is 18.3. The van der Waals surface area contributed by atoms with Gasteiger partial charge in [-0.15, -0.1) is 0 Å². The summed E-state index contributed by atoms with van der Waals surface area (Å²) in [6.45, 7) is 5.25. The van der Waals surface area contributed by atoms with Gasteiger partial charge in [-0.3, -0.25) is 9.69 Å². The second-order valence-electron chi connectivity index (χ2n) is 5.71. The highest BCUT2D eigenvalue weighted by Crippen LogP contribution is 2.25. The standard InChI is InChI=1S/C17H26N2O3/c1-5-17(21-4,18(2)3)16(20)14-6-8-15(9-7-14)19-10-12-22-13-11-19/h6-9H,5,10-13H2,1-4H3. The molecule has 0 bridgehead atoms. The molecule has 5 nitrogen and oxygen atoms in total. The minimum absolute atomic E-state index is 0.00368. The molecule has 1 aliphatic rings. The van der Waals surface area contributed by atoms with Crippen molar-refractivity contribution >= 4 is 11.5 Å². The quantitative estimate of drug-likeness (QED) is 0.594. The topological polar surface area (TPSA) is 42.0 Å². The first kappa shape index (κ1) is 16.9. The molecule has 1 unspecified atom stereocenters. The molecule has 0 aliphatic carbocycles. The number of nitrogens with zero attached hydrogens (tertiary/aromatic N) is 2. The zero-order chi connectivity index (χ0) is 16.2. The first-order valence-corrected chi connectivity index (χ1v) is 7.75. The Kier molecular flexibility index (Phi) is 5.56. The maximum atomic E-state index is 12.9. The summed E-state index contributed by atoms with van der Waals surface area (Å²) in [7, 11) is 5.32. The number of carbonyl (C=O) groups is 1. The van der Waals surface area contributed by atoms with Crippen molar-refractivity contribution in [3.8, 4) is 0 Å². The van der Waals surface area contributed by atoms with Gasteiger partial charge in [0.25, 0.3) is 0 Å². The average molecular weight is 306 g/mol. The summed E-state index contributed by atoms with van der Waals surface area (Å²) < 4.78 is 10.9. The first-order valence-electron chi connectivity index (χ1n) is 7.75. The number of methoxy groups -OCH3 is 1. The summed E-state index contributed by atoms with van der Waals surface area (Å²) in [5.41, 5.74) is 0.902. The highest BCUT2D eigenvalue weighted by molar-refractivity contribution is 6.02. The van der Waals surface area contributed by atoms with E-state index < -0.39 is 5.72 Å². The monoisotopic (exact) mass is 306 g/mol. The van der Waals surface area contributed by atoms with E-state index in [9.17, 15) is 4.79 Å². The van der Waals surface area contributed by atoms with Gasteiger partial charge in [0.05, 0.1) is 13.2 Å². The number of benzene rings is 1. The fourth-order valence-corrected chi connectivity index (χ4v) is 2.97. The van der Waals surface area contributed by atoms with Crippen molar-refractivity contribution in [2.24, 2.45) is 0 Å². The third kappa shape index (κ3) is 3.16. The Morgan fingerprint density at radius 2 is 1.86 bits per heavy atom. The number of anilines is 1. The Balaban J connectivity index is 2.20. The molecule has 0 aromatic heterocycles. The van der Waals surface area contributed by atoms with Gasteiger partial charge in [-0.2, -0.15) is 0 Å². The molecule has 1 atom stereocenters. The van der Waals surface area contributed by atoms with E-state index >= 15 is 0 Å². The molecule has 5 heteroatoms. The first-order chi connectivity index (χ1) is 10.5. The Morgan fingerprint density at radius 3 is 2.32 bits per heavy atom. The lowest BCUT2D eigenvalue weighted by molar-refractivity contribution is -0.0839. The van der Waals surface area contributed by atoms with Crippen molar-refractivity contribution in [2.75, 3.05) is 52.4 Å². The molecule has 1 aromatic rings. The lowest BCUT2D eigenvalue weighted by Gasteiger charge is -2.36. The summed E-state index contributed by atoms with van der Waals surface area (Å²) >= 11 is 0. The molecule has 1 aliphatic heterocycles. The summed E-state index contributed by atoms with van der Waals surface area (Å²) in [5.74, 6) is -0.00368. The molecule has 1 aromatic carbocycles. The maximum Gasteiger partial charge on any atom is 0.209 e. The van der Waals surface area contributed by atoms with Crippen LogP contribution >= 0.6 is 0 Å². The van der Waals surface area contributed by atoms with Gasteiger partial charge >= 0.3 is 0 Å². The van der Waals surface area contributed by atoms with Crippen molar-refractivity contribution in [1.82, 2.24) is 4.90 Å². The molecule has 0 N–H and O–H groups in total. The van der Waals surface area contributed by atoms with E-state index in [1.807, 2.05) is 50.2 Å². The molecule has 0 saturated carbocycles. The summed E-state index contributed by atoms with van der Waals surface area (Å²) in [6, 6.07) is 7.79. The molecule has 2 rings (SSSR count). The van der Waals surface area contributed by atoms with Crippen LogP contribution in [0, 0.1) is 0 Å². The van der Waals surface area contributed by atoms with E-state index in [4.69, 9.17) is 9.47 Å². The number of morpholine rings is 1. The minimum atomic E-state index is -0.902. The van der Waals surface area contributed by atoms with Crippen LogP contribution in [0.4, 0.5) is 5.69 Å². The van der Waals surface area contributed by atoms with E-state index in [0.29, 0.717) is 12.0 Å². The van der Waals surface area contributed by atoms with Gasteiger partial charge in [0, 0.05) is 31.5 Å². The van der Waals surface area contributed by atoms with Gasteiger partial charge < -0.3 is 14.4 Å². The molecule has 0 spiro atoms. The molecule has 22 heavy (non-hydrogen) atoms. The molecule has 0 amide bonds. The van der Waals surface area contributed by atoms with Gasteiger partial charge in [0.15, 0.2) is 5.72 Å². The molecular weight excluding hydrogens is 280 g/mol.